The summed E-state index contributed by atoms with van der Waals surface area (Å²) >= 11 is 5.84. The number of rotatable bonds is 3. The monoisotopic (exact) mass is 229 g/mol. The Labute approximate surface area is 92.8 Å². The molecule has 82 valence electrons. The van der Waals surface area contributed by atoms with Gasteiger partial charge in [0.1, 0.15) is 12.4 Å². The van der Waals surface area contributed by atoms with Crippen molar-refractivity contribution >= 4 is 23.2 Å². The van der Waals surface area contributed by atoms with Gasteiger partial charge in [-0.25, -0.2) is 0 Å². The van der Waals surface area contributed by atoms with E-state index in [9.17, 15) is 4.79 Å². The number of amides is 1. The van der Waals surface area contributed by atoms with Crippen LogP contribution in [0.3, 0.4) is 0 Å². The van der Waals surface area contributed by atoms with E-state index in [1.165, 1.54) is 7.11 Å². The third-order valence-electron chi connectivity index (χ3n) is 1.86. The fourth-order valence-corrected chi connectivity index (χ4v) is 1.56. The molecule has 15 heavy (non-hydrogen) atoms. The van der Waals surface area contributed by atoms with Gasteiger partial charge in [-0.3, -0.25) is 4.79 Å². The van der Waals surface area contributed by atoms with Crippen molar-refractivity contribution < 1.29 is 14.6 Å². The van der Waals surface area contributed by atoms with Gasteiger partial charge in [0.2, 0.25) is 5.91 Å². The van der Waals surface area contributed by atoms with Crippen molar-refractivity contribution in [2.45, 2.75) is 6.92 Å². The first-order valence-electron chi connectivity index (χ1n) is 4.33. The molecule has 5 heteroatoms. The van der Waals surface area contributed by atoms with Crippen molar-refractivity contribution in [2.24, 2.45) is 0 Å². The summed E-state index contributed by atoms with van der Waals surface area (Å²) in [5.74, 6) is 0.0381. The first-order chi connectivity index (χ1) is 7.08. The Balaban J connectivity index is 3.09. The summed E-state index contributed by atoms with van der Waals surface area (Å²) in [6, 6.07) is 3.30. The molecule has 0 aliphatic heterocycles. The van der Waals surface area contributed by atoms with E-state index >= 15 is 0 Å². The normalized spacial score (nSPS) is 9.87. The van der Waals surface area contributed by atoms with Crippen LogP contribution in [0.2, 0.25) is 5.02 Å². The van der Waals surface area contributed by atoms with Gasteiger partial charge in [-0.05, 0) is 24.6 Å². The highest BCUT2D eigenvalue weighted by atomic mass is 35.5. The maximum Gasteiger partial charge on any atom is 0.250 e. The number of hydrogen-bond acceptors (Lipinski definition) is 3. The second kappa shape index (κ2) is 5.00. The van der Waals surface area contributed by atoms with Crippen LogP contribution in [-0.4, -0.2) is 24.7 Å². The summed E-state index contributed by atoms with van der Waals surface area (Å²) < 4.78 is 5.12. The number of nitrogens with one attached hydrogen (secondary N) is 1. The highest BCUT2D eigenvalue weighted by Crippen LogP contribution is 2.31. The quantitative estimate of drug-likeness (QED) is 0.828. The Morgan fingerprint density at radius 2 is 2.27 bits per heavy atom. The number of aliphatic hydroxyl groups excluding tert-OH is 1. The number of halogens is 1. The molecule has 0 saturated carbocycles. The smallest absolute Gasteiger partial charge is 0.250 e. The van der Waals surface area contributed by atoms with Crippen LogP contribution >= 0.6 is 11.6 Å². The van der Waals surface area contributed by atoms with Crippen molar-refractivity contribution in [1.82, 2.24) is 0 Å². The van der Waals surface area contributed by atoms with Crippen LogP contribution in [0, 0.1) is 6.92 Å². The molecular formula is C10H12ClNO3. The first kappa shape index (κ1) is 11.8. The molecule has 0 unspecified atom stereocenters. The number of benzene rings is 1. The molecule has 0 radical (unpaired) electrons. The van der Waals surface area contributed by atoms with Crippen LogP contribution in [0.4, 0.5) is 5.69 Å². The fraction of sp³-hybridized carbons (Fsp3) is 0.300. The predicted octanol–water partition coefficient (Wildman–Crippen LogP) is 1.59. The Morgan fingerprint density at radius 1 is 1.60 bits per heavy atom. The minimum absolute atomic E-state index is 0.460. The molecule has 0 aliphatic carbocycles. The zero-order valence-corrected chi connectivity index (χ0v) is 9.26. The number of methoxy groups -OCH3 is 1. The molecule has 2 N–H and O–H groups in total. The molecule has 0 aromatic heterocycles. The highest BCUT2D eigenvalue weighted by molar-refractivity contribution is 6.31. The van der Waals surface area contributed by atoms with E-state index in [0.29, 0.717) is 16.5 Å². The molecule has 1 amide bonds. The largest absolute Gasteiger partial charge is 0.494 e. The Bertz CT molecular complexity index is 379. The molecule has 1 aromatic carbocycles. The van der Waals surface area contributed by atoms with Crippen LogP contribution in [0.15, 0.2) is 12.1 Å². The maximum atomic E-state index is 11.0. The third-order valence-corrected chi connectivity index (χ3v) is 2.08. The Hall–Kier alpha value is -1.26. The molecule has 0 spiro atoms. The number of carbonyl (C=O) groups excluding carboxylic acids is 1. The third kappa shape index (κ3) is 2.84. The topological polar surface area (TPSA) is 58.6 Å². The lowest BCUT2D eigenvalue weighted by atomic mass is 10.2. The van der Waals surface area contributed by atoms with Gasteiger partial charge in [-0.2, -0.15) is 0 Å². The van der Waals surface area contributed by atoms with Crippen molar-refractivity contribution in [3.8, 4) is 5.75 Å². The van der Waals surface area contributed by atoms with E-state index in [-0.39, 0.29) is 0 Å². The maximum absolute atomic E-state index is 11.0. The lowest BCUT2D eigenvalue weighted by molar-refractivity contribution is -0.118. The zero-order valence-electron chi connectivity index (χ0n) is 8.50. The highest BCUT2D eigenvalue weighted by Gasteiger charge is 2.10. The predicted molar refractivity (Wildman–Crippen MR) is 58.5 cm³/mol. The summed E-state index contributed by atoms with van der Waals surface area (Å²) in [7, 11) is 1.50. The lowest BCUT2D eigenvalue weighted by Gasteiger charge is -2.12. The van der Waals surface area contributed by atoms with Crippen molar-refractivity contribution in [1.29, 1.82) is 0 Å². The lowest BCUT2D eigenvalue weighted by Crippen LogP contribution is -2.16. The van der Waals surface area contributed by atoms with Gasteiger partial charge >= 0.3 is 0 Å². The molecule has 0 heterocycles. The van der Waals surface area contributed by atoms with Crippen LogP contribution in [0.25, 0.3) is 0 Å². The average Bonchev–Trinajstić information content (AvgIpc) is 2.17. The minimum atomic E-state index is -0.575. The Kier molecular flexibility index (Phi) is 3.94. The van der Waals surface area contributed by atoms with E-state index in [0.717, 1.165) is 5.56 Å². The average molecular weight is 230 g/mol. The second-order valence-corrected chi connectivity index (χ2v) is 3.45. The van der Waals surface area contributed by atoms with Crippen LogP contribution in [-0.2, 0) is 4.79 Å². The van der Waals surface area contributed by atoms with Gasteiger partial charge < -0.3 is 15.2 Å². The minimum Gasteiger partial charge on any atom is -0.494 e. The van der Waals surface area contributed by atoms with E-state index in [2.05, 4.69) is 5.32 Å². The van der Waals surface area contributed by atoms with Crippen molar-refractivity contribution in [2.75, 3.05) is 19.0 Å². The first-order valence-corrected chi connectivity index (χ1v) is 4.71. The molecule has 0 atom stereocenters. The van der Waals surface area contributed by atoms with Gasteiger partial charge in [0.05, 0.1) is 12.8 Å². The van der Waals surface area contributed by atoms with Crippen LogP contribution in [0.5, 0.6) is 5.75 Å². The molecule has 0 bridgehead atoms. The molecule has 0 fully saturated rings. The van der Waals surface area contributed by atoms with Gasteiger partial charge in [0.25, 0.3) is 0 Å². The molecular weight excluding hydrogens is 218 g/mol. The van der Waals surface area contributed by atoms with Gasteiger partial charge in [-0.1, -0.05) is 11.6 Å². The SMILES string of the molecule is COc1c(C)cc(Cl)cc1NC(=O)CO. The van der Waals surface area contributed by atoms with Crippen LogP contribution in [0.1, 0.15) is 5.56 Å². The summed E-state index contributed by atoms with van der Waals surface area (Å²) in [6.45, 7) is 1.24. The van der Waals surface area contributed by atoms with E-state index < -0.39 is 12.5 Å². The molecule has 1 rings (SSSR count). The van der Waals surface area contributed by atoms with Gasteiger partial charge in [0.15, 0.2) is 0 Å². The van der Waals surface area contributed by atoms with Gasteiger partial charge in [-0.15, -0.1) is 0 Å². The number of carbonyl (C=O) groups is 1. The standard InChI is InChI=1S/C10H12ClNO3/c1-6-3-7(11)4-8(10(6)15-2)12-9(14)5-13/h3-4,13H,5H2,1-2H3,(H,12,14). The number of aryl methyl sites for hydroxylation is 1. The van der Waals surface area contributed by atoms with E-state index in [4.69, 9.17) is 21.4 Å². The zero-order chi connectivity index (χ0) is 11.4. The van der Waals surface area contributed by atoms with Crippen LogP contribution < -0.4 is 10.1 Å². The molecule has 1 aromatic rings. The number of aliphatic hydroxyl groups is 1. The van der Waals surface area contributed by atoms with E-state index in [1.54, 1.807) is 12.1 Å². The molecule has 0 saturated heterocycles. The number of anilines is 1. The molecule has 4 nitrogen and oxygen atoms in total. The summed E-state index contributed by atoms with van der Waals surface area (Å²) in [5.41, 5.74) is 1.28. The van der Waals surface area contributed by atoms with Gasteiger partial charge in [0, 0.05) is 5.02 Å². The second-order valence-electron chi connectivity index (χ2n) is 3.01. The van der Waals surface area contributed by atoms with E-state index in [1.807, 2.05) is 6.92 Å². The summed E-state index contributed by atoms with van der Waals surface area (Å²) in [6.07, 6.45) is 0. The fourth-order valence-electron chi connectivity index (χ4n) is 1.28. The summed E-state index contributed by atoms with van der Waals surface area (Å²) in [4.78, 5) is 11.0. The number of ether oxygens (including phenoxy) is 1. The van der Waals surface area contributed by atoms with Crippen molar-refractivity contribution in [3.05, 3.63) is 22.7 Å². The molecule has 0 aliphatic rings. The Morgan fingerprint density at radius 3 is 2.80 bits per heavy atom. The van der Waals surface area contributed by atoms with Crippen molar-refractivity contribution in [3.63, 3.8) is 0 Å². The number of hydrogen-bond donors (Lipinski definition) is 2. The summed E-state index contributed by atoms with van der Waals surface area (Å²) in [5, 5.41) is 11.6.